The van der Waals surface area contributed by atoms with Crippen molar-refractivity contribution in [3.8, 4) is 11.3 Å². The first-order valence-corrected chi connectivity index (χ1v) is 9.77. The number of aromatic nitrogens is 1. The van der Waals surface area contributed by atoms with Crippen LogP contribution in [0.5, 0.6) is 0 Å². The van der Waals surface area contributed by atoms with Crippen molar-refractivity contribution < 1.29 is 14.8 Å². The molecule has 1 aromatic carbocycles. The number of anilines is 1. The number of hydrogen-bond acceptors (Lipinski definition) is 7. The van der Waals surface area contributed by atoms with Crippen LogP contribution in [0.4, 0.5) is 10.8 Å². The molecule has 8 nitrogen and oxygen atoms in total. The average Bonchev–Trinajstić information content (AvgIpc) is 3.16. The number of non-ortho nitro benzene ring substituents is 1. The van der Waals surface area contributed by atoms with Crippen LogP contribution in [0.15, 0.2) is 29.6 Å². The zero-order valence-electron chi connectivity index (χ0n) is 15.1. The number of carbonyl (C=O) groups is 1. The van der Waals surface area contributed by atoms with Gasteiger partial charge in [0.2, 0.25) is 0 Å². The third kappa shape index (κ3) is 4.61. The molecule has 1 N–H and O–H groups in total. The zero-order chi connectivity index (χ0) is 19.4. The maximum atomic E-state index is 11.0. The molecule has 9 heteroatoms. The van der Waals surface area contributed by atoms with Crippen LogP contribution in [0, 0.1) is 10.1 Å². The van der Waals surface area contributed by atoms with E-state index in [4.69, 9.17) is 5.11 Å². The van der Waals surface area contributed by atoms with Crippen molar-refractivity contribution in [2.24, 2.45) is 0 Å². The van der Waals surface area contributed by atoms with Gasteiger partial charge in [0, 0.05) is 42.2 Å². The molecule has 0 bridgehead atoms. The van der Waals surface area contributed by atoms with Gasteiger partial charge in [-0.2, -0.15) is 0 Å². The molecule has 0 radical (unpaired) electrons. The number of carboxylic acids is 1. The highest BCUT2D eigenvalue weighted by atomic mass is 32.1. The minimum Gasteiger partial charge on any atom is -0.480 e. The molecule has 1 aliphatic rings. The van der Waals surface area contributed by atoms with Crippen molar-refractivity contribution in [1.82, 2.24) is 9.88 Å². The van der Waals surface area contributed by atoms with Gasteiger partial charge < -0.3 is 10.0 Å². The molecule has 0 amide bonds. The molecular formula is C18H22N4O4S. The Bertz CT molecular complexity index is 800. The fourth-order valence-electron chi connectivity index (χ4n) is 3.39. The quantitative estimate of drug-likeness (QED) is 0.573. The number of aliphatic carboxylic acids is 1. The first-order valence-electron chi connectivity index (χ1n) is 8.89. The summed E-state index contributed by atoms with van der Waals surface area (Å²) in [7, 11) is 0. The number of piperidine rings is 1. The summed E-state index contributed by atoms with van der Waals surface area (Å²) in [6.45, 7) is 4.50. The van der Waals surface area contributed by atoms with E-state index in [-0.39, 0.29) is 18.3 Å². The summed E-state index contributed by atoms with van der Waals surface area (Å²) in [4.78, 5) is 30.3. The van der Waals surface area contributed by atoms with Crippen molar-refractivity contribution in [2.75, 3.05) is 31.1 Å². The summed E-state index contributed by atoms with van der Waals surface area (Å²) in [6.07, 6.45) is 1.82. The van der Waals surface area contributed by atoms with Crippen molar-refractivity contribution >= 4 is 28.1 Å². The normalized spacial score (nSPS) is 15.3. The Hall–Kier alpha value is -2.52. The molecule has 0 aliphatic carbocycles. The topological polar surface area (TPSA) is 99.8 Å². The summed E-state index contributed by atoms with van der Waals surface area (Å²) < 4.78 is 0. The smallest absolute Gasteiger partial charge is 0.317 e. The van der Waals surface area contributed by atoms with E-state index in [0.29, 0.717) is 0 Å². The molecule has 1 aromatic heterocycles. The van der Waals surface area contributed by atoms with E-state index in [2.05, 4.69) is 9.88 Å². The van der Waals surface area contributed by atoms with Gasteiger partial charge in [0.15, 0.2) is 5.13 Å². The molecule has 1 saturated heterocycles. The SMILES string of the molecule is CCN(CC(=O)O)C1CCN(c2nc(-c3ccc([N+](=O)[O-])cc3)cs2)CC1. The summed E-state index contributed by atoms with van der Waals surface area (Å²) in [5.41, 5.74) is 1.74. The van der Waals surface area contributed by atoms with Gasteiger partial charge >= 0.3 is 5.97 Å². The third-order valence-electron chi connectivity index (χ3n) is 4.86. The van der Waals surface area contributed by atoms with Gasteiger partial charge in [0.1, 0.15) is 0 Å². The van der Waals surface area contributed by atoms with Gasteiger partial charge in [-0.1, -0.05) is 6.92 Å². The van der Waals surface area contributed by atoms with Crippen molar-refractivity contribution in [3.05, 3.63) is 39.8 Å². The van der Waals surface area contributed by atoms with Crippen LogP contribution in [-0.4, -0.2) is 58.1 Å². The van der Waals surface area contributed by atoms with Crippen molar-refractivity contribution in [3.63, 3.8) is 0 Å². The van der Waals surface area contributed by atoms with E-state index in [1.165, 1.54) is 12.1 Å². The predicted octanol–water partition coefficient (Wildman–Crippen LogP) is 3.09. The molecule has 144 valence electrons. The van der Waals surface area contributed by atoms with Gasteiger partial charge in [-0.3, -0.25) is 19.8 Å². The summed E-state index contributed by atoms with van der Waals surface area (Å²) in [5.74, 6) is -0.785. The highest BCUT2D eigenvalue weighted by molar-refractivity contribution is 7.14. The Balaban J connectivity index is 1.62. The van der Waals surface area contributed by atoms with Crippen LogP contribution in [0.1, 0.15) is 19.8 Å². The Labute approximate surface area is 161 Å². The predicted molar refractivity (Wildman–Crippen MR) is 104 cm³/mol. The molecule has 2 aromatic rings. The number of hydrogen-bond donors (Lipinski definition) is 1. The van der Waals surface area contributed by atoms with Crippen molar-refractivity contribution in [1.29, 1.82) is 0 Å². The lowest BCUT2D eigenvalue weighted by Crippen LogP contribution is -2.46. The fourth-order valence-corrected chi connectivity index (χ4v) is 4.28. The van der Waals surface area contributed by atoms with E-state index in [1.54, 1.807) is 23.5 Å². The Morgan fingerprint density at radius 3 is 2.59 bits per heavy atom. The van der Waals surface area contributed by atoms with Crippen LogP contribution >= 0.6 is 11.3 Å². The Morgan fingerprint density at radius 1 is 1.37 bits per heavy atom. The monoisotopic (exact) mass is 390 g/mol. The Morgan fingerprint density at radius 2 is 2.04 bits per heavy atom. The maximum absolute atomic E-state index is 11.0. The number of likely N-dealkylation sites (N-methyl/N-ethyl adjacent to an activating group) is 1. The first-order chi connectivity index (χ1) is 13.0. The molecule has 0 unspecified atom stereocenters. The highest BCUT2D eigenvalue weighted by Gasteiger charge is 2.26. The largest absolute Gasteiger partial charge is 0.480 e. The van der Waals surface area contributed by atoms with Gasteiger partial charge in [-0.15, -0.1) is 11.3 Å². The van der Waals surface area contributed by atoms with Crippen LogP contribution in [0.25, 0.3) is 11.3 Å². The molecule has 27 heavy (non-hydrogen) atoms. The molecule has 0 atom stereocenters. The standard InChI is InChI=1S/C18H22N4O4S/c1-2-20(11-17(23)24)14-7-9-21(10-8-14)18-19-16(12-27-18)13-3-5-15(6-4-13)22(25)26/h3-6,12,14H,2,7-11H2,1H3,(H,23,24). The molecule has 3 rings (SSSR count). The van der Waals surface area contributed by atoms with E-state index < -0.39 is 10.9 Å². The zero-order valence-corrected chi connectivity index (χ0v) is 15.9. The fraction of sp³-hybridized carbons (Fsp3) is 0.444. The van der Waals surface area contributed by atoms with Crippen LogP contribution in [-0.2, 0) is 4.79 Å². The van der Waals surface area contributed by atoms with Crippen molar-refractivity contribution in [2.45, 2.75) is 25.8 Å². The second-order valence-corrected chi connectivity index (χ2v) is 7.33. The van der Waals surface area contributed by atoms with Gasteiger partial charge in [-0.05, 0) is 31.5 Å². The highest BCUT2D eigenvalue weighted by Crippen LogP contribution is 2.30. The summed E-state index contributed by atoms with van der Waals surface area (Å²) in [6, 6.07) is 6.70. The van der Waals surface area contributed by atoms with E-state index in [0.717, 1.165) is 48.9 Å². The minimum absolute atomic E-state index is 0.0677. The minimum atomic E-state index is -0.785. The lowest BCUT2D eigenvalue weighted by atomic mass is 10.0. The van der Waals surface area contributed by atoms with Gasteiger partial charge in [0.25, 0.3) is 5.69 Å². The van der Waals surface area contributed by atoms with Gasteiger partial charge in [-0.25, -0.2) is 4.98 Å². The number of nitro groups is 1. The average molecular weight is 390 g/mol. The third-order valence-corrected chi connectivity index (χ3v) is 5.76. The second-order valence-electron chi connectivity index (χ2n) is 6.49. The molecule has 0 spiro atoms. The summed E-state index contributed by atoms with van der Waals surface area (Å²) in [5, 5.41) is 22.7. The number of thiazole rings is 1. The maximum Gasteiger partial charge on any atom is 0.317 e. The van der Waals surface area contributed by atoms with E-state index >= 15 is 0 Å². The summed E-state index contributed by atoms with van der Waals surface area (Å²) >= 11 is 1.56. The number of nitro benzene ring substituents is 1. The number of carboxylic acid groups (broad SMARTS) is 1. The van der Waals surface area contributed by atoms with E-state index in [9.17, 15) is 14.9 Å². The molecule has 1 fully saturated rings. The van der Waals surface area contributed by atoms with Gasteiger partial charge in [0.05, 0.1) is 17.2 Å². The Kier molecular flexibility index (Phi) is 6.02. The lowest BCUT2D eigenvalue weighted by molar-refractivity contribution is -0.384. The number of nitrogens with zero attached hydrogens (tertiary/aromatic N) is 4. The molecule has 2 heterocycles. The molecule has 1 aliphatic heterocycles. The second kappa shape index (κ2) is 8.45. The van der Waals surface area contributed by atoms with Crippen LogP contribution < -0.4 is 4.90 Å². The van der Waals surface area contributed by atoms with Crippen LogP contribution in [0.3, 0.4) is 0 Å². The van der Waals surface area contributed by atoms with Crippen LogP contribution in [0.2, 0.25) is 0 Å². The lowest BCUT2D eigenvalue weighted by Gasteiger charge is -2.37. The number of rotatable bonds is 7. The molecule has 0 saturated carbocycles. The molecular weight excluding hydrogens is 368 g/mol. The van der Waals surface area contributed by atoms with E-state index in [1.807, 2.05) is 17.2 Å². The number of benzene rings is 1. The first kappa shape index (κ1) is 19.2.